The van der Waals surface area contributed by atoms with Crippen molar-refractivity contribution in [2.75, 3.05) is 20.2 Å². The quantitative estimate of drug-likeness (QED) is 0.631. The van der Waals surface area contributed by atoms with Crippen molar-refractivity contribution in [2.45, 2.75) is 19.3 Å². The van der Waals surface area contributed by atoms with Crippen LogP contribution in [0, 0.1) is 5.92 Å². The van der Waals surface area contributed by atoms with Crippen LogP contribution in [0.4, 0.5) is 0 Å². The fourth-order valence-electron chi connectivity index (χ4n) is 2.80. The van der Waals surface area contributed by atoms with Gasteiger partial charge in [-0.2, -0.15) is 0 Å². The van der Waals surface area contributed by atoms with Crippen LogP contribution in [0.5, 0.6) is 0 Å². The molecule has 0 N–H and O–H groups in total. The predicted octanol–water partition coefficient (Wildman–Crippen LogP) is 2.44. The van der Waals surface area contributed by atoms with Crippen molar-refractivity contribution in [3.8, 4) is 0 Å². The van der Waals surface area contributed by atoms with Crippen molar-refractivity contribution in [3.05, 3.63) is 48.0 Å². The third-order valence-electron chi connectivity index (χ3n) is 4.03. The number of ether oxygens (including phenoxy) is 1. The van der Waals surface area contributed by atoms with Crippen LogP contribution in [0.3, 0.4) is 0 Å². The average Bonchev–Trinajstić information content (AvgIpc) is 2.54. The van der Waals surface area contributed by atoms with Crippen LogP contribution in [-0.2, 0) is 16.0 Å². The fourth-order valence-corrected chi connectivity index (χ4v) is 2.80. The third-order valence-corrected chi connectivity index (χ3v) is 4.03. The molecule has 0 spiro atoms. The number of benzene rings is 1. The van der Waals surface area contributed by atoms with E-state index in [-0.39, 0.29) is 11.9 Å². The number of likely N-dealkylation sites (tertiary alicyclic amines) is 1. The molecule has 1 aromatic rings. The molecular weight excluding hydrogens is 266 g/mol. The van der Waals surface area contributed by atoms with E-state index in [4.69, 9.17) is 4.74 Å². The van der Waals surface area contributed by atoms with Gasteiger partial charge in [-0.1, -0.05) is 24.8 Å². The second-order valence-corrected chi connectivity index (χ2v) is 5.33. The monoisotopic (exact) mass is 287 g/mol. The van der Waals surface area contributed by atoms with Crippen LogP contribution in [-0.4, -0.2) is 37.0 Å². The van der Waals surface area contributed by atoms with Gasteiger partial charge >= 0.3 is 5.97 Å². The number of carbonyl (C=O) groups excluding carboxylic acids is 2. The summed E-state index contributed by atoms with van der Waals surface area (Å²) in [5.41, 5.74) is 1.67. The minimum absolute atomic E-state index is 0.00316. The van der Waals surface area contributed by atoms with E-state index in [0.29, 0.717) is 11.5 Å². The number of rotatable bonds is 4. The van der Waals surface area contributed by atoms with Crippen LogP contribution in [0.25, 0.3) is 0 Å². The highest BCUT2D eigenvalue weighted by Gasteiger charge is 2.23. The molecule has 4 nitrogen and oxygen atoms in total. The molecule has 0 bridgehead atoms. The molecule has 1 aliphatic rings. The Morgan fingerprint density at radius 3 is 2.62 bits per heavy atom. The molecule has 112 valence electrons. The first kappa shape index (κ1) is 15.3. The van der Waals surface area contributed by atoms with Crippen molar-refractivity contribution < 1.29 is 14.3 Å². The molecule has 21 heavy (non-hydrogen) atoms. The van der Waals surface area contributed by atoms with E-state index < -0.39 is 0 Å². The molecule has 1 aromatic carbocycles. The van der Waals surface area contributed by atoms with Crippen LogP contribution in [0.2, 0.25) is 0 Å². The molecule has 4 heteroatoms. The largest absolute Gasteiger partial charge is 0.465 e. The summed E-state index contributed by atoms with van der Waals surface area (Å²) in [4.78, 5) is 25.2. The molecule has 0 atom stereocenters. The molecule has 1 saturated heterocycles. The first-order valence-corrected chi connectivity index (χ1v) is 7.23. The Morgan fingerprint density at radius 1 is 1.33 bits per heavy atom. The Bertz CT molecular complexity index is 531. The summed E-state index contributed by atoms with van der Waals surface area (Å²) >= 11 is 0. The number of amides is 1. The van der Waals surface area contributed by atoms with Crippen molar-refractivity contribution in [3.63, 3.8) is 0 Å². The van der Waals surface area contributed by atoms with E-state index in [2.05, 4.69) is 6.58 Å². The zero-order valence-corrected chi connectivity index (χ0v) is 12.4. The highest BCUT2D eigenvalue weighted by atomic mass is 16.5. The Morgan fingerprint density at radius 2 is 2.00 bits per heavy atom. The van der Waals surface area contributed by atoms with Gasteiger partial charge in [0.15, 0.2) is 0 Å². The highest BCUT2D eigenvalue weighted by Crippen LogP contribution is 2.24. The van der Waals surface area contributed by atoms with Gasteiger partial charge in [0.25, 0.3) is 0 Å². The lowest BCUT2D eigenvalue weighted by atomic mass is 9.88. The number of esters is 1. The van der Waals surface area contributed by atoms with E-state index in [1.54, 1.807) is 6.07 Å². The number of piperidine rings is 1. The summed E-state index contributed by atoms with van der Waals surface area (Å²) < 4.78 is 4.83. The smallest absolute Gasteiger partial charge is 0.338 e. The van der Waals surface area contributed by atoms with Gasteiger partial charge in [0.1, 0.15) is 0 Å². The number of hydrogen-bond donors (Lipinski definition) is 0. The van der Waals surface area contributed by atoms with Gasteiger partial charge in [-0.25, -0.2) is 4.79 Å². The summed E-state index contributed by atoms with van der Waals surface area (Å²) in [6, 6.07) is 7.57. The van der Waals surface area contributed by atoms with Crippen LogP contribution in [0.1, 0.15) is 28.8 Å². The molecule has 2 rings (SSSR count). The number of carbonyl (C=O) groups is 2. The molecular formula is C17H21NO3. The van der Waals surface area contributed by atoms with E-state index in [9.17, 15) is 9.59 Å². The van der Waals surface area contributed by atoms with Crippen molar-refractivity contribution in [1.82, 2.24) is 4.90 Å². The number of methoxy groups -OCH3 is 1. The molecule has 1 fully saturated rings. The summed E-state index contributed by atoms with van der Waals surface area (Å²) in [5, 5.41) is 0. The van der Waals surface area contributed by atoms with Crippen LogP contribution >= 0.6 is 0 Å². The van der Waals surface area contributed by atoms with Crippen molar-refractivity contribution in [1.29, 1.82) is 0 Å². The number of nitrogens with zero attached hydrogens (tertiary/aromatic N) is 1. The van der Waals surface area contributed by atoms with Gasteiger partial charge in [-0.15, -0.1) is 0 Å². The normalized spacial score (nSPS) is 15.6. The summed E-state index contributed by atoms with van der Waals surface area (Å²) in [7, 11) is 1.40. The third kappa shape index (κ3) is 3.72. The van der Waals surface area contributed by atoms with Crippen molar-refractivity contribution in [2.24, 2.45) is 5.92 Å². The molecule has 0 aliphatic carbocycles. The lowest BCUT2D eigenvalue weighted by Crippen LogP contribution is -2.37. The second kappa shape index (κ2) is 7.07. The average molecular weight is 287 g/mol. The fraction of sp³-hybridized carbons (Fsp3) is 0.412. The SMILES string of the molecule is C=CC(=O)N1CCC(Cc2ccccc2C(=O)OC)CC1. The minimum atomic E-state index is -0.287. The van der Waals surface area contributed by atoms with Crippen molar-refractivity contribution >= 4 is 11.9 Å². The lowest BCUT2D eigenvalue weighted by molar-refractivity contribution is -0.127. The second-order valence-electron chi connectivity index (χ2n) is 5.33. The molecule has 0 radical (unpaired) electrons. The molecule has 0 unspecified atom stereocenters. The zero-order valence-electron chi connectivity index (χ0n) is 12.4. The van der Waals surface area contributed by atoms with E-state index in [0.717, 1.165) is 37.9 Å². The van der Waals surface area contributed by atoms with E-state index in [1.807, 2.05) is 23.1 Å². The van der Waals surface area contributed by atoms with E-state index in [1.165, 1.54) is 13.2 Å². The maximum absolute atomic E-state index is 11.8. The van der Waals surface area contributed by atoms with E-state index >= 15 is 0 Å². The first-order valence-electron chi connectivity index (χ1n) is 7.23. The maximum Gasteiger partial charge on any atom is 0.338 e. The predicted molar refractivity (Wildman–Crippen MR) is 81.0 cm³/mol. The topological polar surface area (TPSA) is 46.6 Å². The first-order chi connectivity index (χ1) is 10.2. The van der Waals surface area contributed by atoms with Gasteiger partial charge < -0.3 is 9.64 Å². The lowest BCUT2D eigenvalue weighted by Gasteiger charge is -2.31. The van der Waals surface area contributed by atoms with Gasteiger partial charge in [-0.05, 0) is 42.9 Å². The Balaban J connectivity index is 1.99. The maximum atomic E-state index is 11.8. The Hall–Kier alpha value is -2.10. The molecule has 0 aromatic heterocycles. The van der Waals surface area contributed by atoms with Gasteiger partial charge in [0.2, 0.25) is 5.91 Å². The number of hydrogen-bond acceptors (Lipinski definition) is 3. The van der Waals surface area contributed by atoms with Gasteiger partial charge in [-0.3, -0.25) is 4.79 Å². The van der Waals surface area contributed by atoms with Gasteiger partial charge in [0.05, 0.1) is 12.7 Å². The zero-order chi connectivity index (χ0) is 15.2. The summed E-state index contributed by atoms with van der Waals surface area (Å²) in [6.07, 6.45) is 4.12. The summed E-state index contributed by atoms with van der Waals surface area (Å²) in [5.74, 6) is 0.206. The Labute approximate surface area is 125 Å². The standard InChI is InChI=1S/C17H21NO3/c1-3-16(19)18-10-8-13(9-11-18)12-14-6-4-5-7-15(14)17(20)21-2/h3-7,13H,1,8-12H2,2H3. The van der Waals surface area contributed by atoms with Gasteiger partial charge in [0, 0.05) is 13.1 Å². The Kier molecular flexibility index (Phi) is 5.14. The molecule has 0 saturated carbocycles. The minimum Gasteiger partial charge on any atom is -0.465 e. The molecule has 1 amide bonds. The molecule has 1 aliphatic heterocycles. The highest BCUT2D eigenvalue weighted by molar-refractivity contribution is 5.91. The van der Waals surface area contributed by atoms with Crippen LogP contribution in [0.15, 0.2) is 36.9 Å². The summed E-state index contributed by atoms with van der Waals surface area (Å²) in [6.45, 7) is 5.04. The van der Waals surface area contributed by atoms with Crippen LogP contribution < -0.4 is 0 Å². The molecule has 1 heterocycles.